The molecule has 0 bridgehead atoms. The van der Waals surface area contributed by atoms with E-state index in [1.165, 1.54) is 0 Å². The molecule has 0 unspecified atom stereocenters. The molecule has 0 aromatic heterocycles. The van der Waals surface area contributed by atoms with Gasteiger partial charge in [0.15, 0.2) is 0 Å². The second-order valence-corrected chi connectivity index (χ2v) is 2.50. The van der Waals surface area contributed by atoms with Gasteiger partial charge in [0.1, 0.15) is 0 Å². The molecule has 0 nitrogen and oxygen atoms in total. The molecule has 1 aliphatic rings. The number of hydrogen-bond donors (Lipinski definition) is 0. The van der Waals surface area contributed by atoms with Crippen LogP contribution in [0.3, 0.4) is 0 Å². The predicted molar refractivity (Wildman–Crippen MR) is 24.3 cm³/mol. The molecule has 0 amide bonds. The van der Waals surface area contributed by atoms with Crippen LogP contribution in [0.1, 0.15) is 6.42 Å². The van der Waals surface area contributed by atoms with E-state index in [0.29, 0.717) is 0 Å². The number of halogens is 6. The van der Waals surface area contributed by atoms with Crippen LogP contribution in [0.15, 0.2) is 0 Å². The lowest BCUT2D eigenvalue weighted by Gasteiger charge is -2.09. The van der Waals surface area contributed by atoms with E-state index >= 15 is 0 Å². The fourth-order valence-electron chi connectivity index (χ4n) is 0.937. The van der Waals surface area contributed by atoms with Gasteiger partial charge in [-0.2, -0.15) is 0 Å². The highest BCUT2D eigenvalue weighted by atomic mass is 19.3. The molecule has 0 radical (unpaired) electrons. The largest absolute Gasteiger partial charge is 0.287 e. The molecule has 11 heavy (non-hydrogen) atoms. The van der Waals surface area contributed by atoms with Gasteiger partial charge in [0, 0.05) is 0 Å². The second-order valence-electron chi connectivity index (χ2n) is 2.50. The fourth-order valence-corrected chi connectivity index (χ4v) is 0.937. The zero-order valence-electron chi connectivity index (χ0n) is 5.13. The van der Waals surface area contributed by atoms with Gasteiger partial charge in [0.05, 0.1) is 6.42 Å². The summed E-state index contributed by atoms with van der Waals surface area (Å²) in [4.78, 5) is 0. The van der Waals surface area contributed by atoms with Gasteiger partial charge in [-0.3, -0.25) is 0 Å². The first-order chi connectivity index (χ1) is 4.77. The first-order valence-corrected chi connectivity index (χ1v) is 2.81. The highest BCUT2D eigenvalue weighted by Gasteiger charge is 2.66. The Kier molecular flexibility index (Phi) is 1.61. The van der Waals surface area contributed by atoms with Crippen molar-refractivity contribution < 1.29 is 26.3 Å². The van der Waals surface area contributed by atoms with Gasteiger partial charge in [-0.05, 0) is 0 Å². The van der Waals surface area contributed by atoms with Crippen molar-refractivity contribution >= 4 is 0 Å². The molecule has 0 heterocycles. The Morgan fingerprint density at radius 3 is 1.18 bits per heavy atom. The van der Waals surface area contributed by atoms with E-state index in [2.05, 4.69) is 0 Å². The van der Waals surface area contributed by atoms with E-state index in [9.17, 15) is 26.3 Å². The first-order valence-electron chi connectivity index (χ1n) is 2.81. The van der Waals surface area contributed by atoms with Crippen LogP contribution in [0, 0.1) is 0 Å². The maximum Gasteiger partial charge on any atom is 0.287 e. The topological polar surface area (TPSA) is 0 Å². The lowest BCUT2D eigenvalue weighted by molar-refractivity contribution is -0.0726. The van der Waals surface area contributed by atoms with Gasteiger partial charge in [-0.1, -0.05) is 0 Å². The van der Waals surface area contributed by atoms with Gasteiger partial charge < -0.3 is 0 Å². The minimum absolute atomic E-state index is 2.04. The van der Waals surface area contributed by atoms with Crippen molar-refractivity contribution in [1.82, 2.24) is 0 Å². The molecule has 0 saturated heterocycles. The highest BCUT2D eigenvalue weighted by molar-refractivity contribution is 5.02. The summed E-state index contributed by atoms with van der Waals surface area (Å²) in [5.41, 5.74) is 0. The SMILES string of the molecule is F[C@@H]1[C@H](F)C(F)(F)CC1(F)F. The van der Waals surface area contributed by atoms with E-state index in [0.717, 1.165) is 0 Å². The molecule has 6 heteroatoms. The first kappa shape index (κ1) is 8.67. The standard InChI is InChI=1S/C5H4F6/c6-2-3(7)5(10,11)1-4(2,8)9/h2-3H,1H2/t2-,3+. The number of hydrogen-bond acceptors (Lipinski definition) is 0. The van der Waals surface area contributed by atoms with Gasteiger partial charge in [-0.25, -0.2) is 26.3 Å². The van der Waals surface area contributed by atoms with E-state index in [-0.39, 0.29) is 0 Å². The highest BCUT2D eigenvalue weighted by Crippen LogP contribution is 2.48. The molecule has 66 valence electrons. The maximum atomic E-state index is 12.0. The minimum atomic E-state index is -4.23. The Balaban J connectivity index is 2.86. The van der Waals surface area contributed by atoms with Crippen LogP contribution in [0.2, 0.25) is 0 Å². The van der Waals surface area contributed by atoms with E-state index < -0.39 is 30.6 Å². The molecule has 1 rings (SSSR count). The Bertz CT molecular complexity index is 146. The van der Waals surface area contributed by atoms with Crippen LogP contribution in [0.4, 0.5) is 26.3 Å². The molecular weight excluding hydrogens is 174 g/mol. The molecule has 1 fully saturated rings. The van der Waals surface area contributed by atoms with Crippen molar-refractivity contribution in [1.29, 1.82) is 0 Å². The Morgan fingerprint density at radius 1 is 0.818 bits per heavy atom. The average molecular weight is 178 g/mol. The van der Waals surface area contributed by atoms with Crippen molar-refractivity contribution in [2.45, 2.75) is 30.6 Å². The molecule has 0 aromatic carbocycles. The quantitative estimate of drug-likeness (QED) is 0.499. The Morgan fingerprint density at radius 2 is 1.09 bits per heavy atom. The Hall–Kier alpha value is -0.420. The summed E-state index contributed by atoms with van der Waals surface area (Å²) in [6.45, 7) is 0. The van der Waals surface area contributed by atoms with E-state index in [1.54, 1.807) is 0 Å². The summed E-state index contributed by atoms with van der Waals surface area (Å²) in [6.07, 6.45) is -8.79. The molecule has 1 saturated carbocycles. The number of rotatable bonds is 0. The van der Waals surface area contributed by atoms with Crippen LogP contribution in [0.5, 0.6) is 0 Å². The van der Waals surface area contributed by atoms with Crippen LogP contribution >= 0.6 is 0 Å². The normalized spacial score (nSPS) is 40.9. The van der Waals surface area contributed by atoms with Gasteiger partial charge >= 0.3 is 0 Å². The maximum absolute atomic E-state index is 12.0. The molecule has 0 aromatic rings. The predicted octanol–water partition coefficient (Wildman–Crippen LogP) is 2.34. The molecule has 2 atom stereocenters. The molecule has 0 aliphatic heterocycles. The second kappa shape index (κ2) is 2.04. The van der Waals surface area contributed by atoms with Gasteiger partial charge in [0.25, 0.3) is 11.8 Å². The molecular formula is C5H4F6. The lowest BCUT2D eigenvalue weighted by Crippen LogP contribution is -2.30. The summed E-state index contributed by atoms with van der Waals surface area (Å²) in [5, 5.41) is 0. The summed E-state index contributed by atoms with van der Waals surface area (Å²) in [6, 6.07) is 0. The van der Waals surface area contributed by atoms with Crippen molar-refractivity contribution in [2.24, 2.45) is 0 Å². The third-order valence-electron chi connectivity index (χ3n) is 1.54. The van der Waals surface area contributed by atoms with Crippen molar-refractivity contribution in [3.05, 3.63) is 0 Å². The van der Waals surface area contributed by atoms with E-state index in [4.69, 9.17) is 0 Å². The third-order valence-corrected chi connectivity index (χ3v) is 1.54. The summed E-state index contributed by atoms with van der Waals surface area (Å²) in [5.74, 6) is -8.47. The van der Waals surface area contributed by atoms with Crippen LogP contribution in [-0.2, 0) is 0 Å². The molecule has 0 spiro atoms. The van der Waals surface area contributed by atoms with Crippen LogP contribution < -0.4 is 0 Å². The number of alkyl halides is 6. The van der Waals surface area contributed by atoms with Crippen molar-refractivity contribution in [3.8, 4) is 0 Å². The van der Waals surface area contributed by atoms with Gasteiger partial charge in [0.2, 0.25) is 12.3 Å². The third kappa shape index (κ3) is 1.18. The smallest absolute Gasteiger partial charge is 0.237 e. The lowest BCUT2D eigenvalue weighted by atomic mass is 10.2. The van der Waals surface area contributed by atoms with Crippen LogP contribution in [0.25, 0.3) is 0 Å². The Labute approximate surface area is 58.2 Å². The zero-order valence-corrected chi connectivity index (χ0v) is 5.13. The van der Waals surface area contributed by atoms with Crippen LogP contribution in [-0.4, -0.2) is 24.2 Å². The molecule has 0 N–H and O–H groups in total. The summed E-state index contributed by atoms with van der Waals surface area (Å²) >= 11 is 0. The van der Waals surface area contributed by atoms with E-state index in [1.807, 2.05) is 0 Å². The minimum Gasteiger partial charge on any atom is -0.237 e. The van der Waals surface area contributed by atoms with Crippen molar-refractivity contribution in [2.75, 3.05) is 0 Å². The monoisotopic (exact) mass is 178 g/mol. The van der Waals surface area contributed by atoms with Crippen molar-refractivity contribution in [3.63, 3.8) is 0 Å². The average Bonchev–Trinajstić information content (AvgIpc) is 1.91. The summed E-state index contributed by atoms with van der Waals surface area (Å²) < 4.78 is 71.9. The summed E-state index contributed by atoms with van der Waals surface area (Å²) in [7, 11) is 0. The molecule has 1 aliphatic carbocycles. The fraction of sp³-hybridized carbons (Fsp3) is 1.00. The van der Waals surface area contributed by atoms with Gasteiger partial charge in [-0.15, -0.1) is 0 Å². The zero-order chi connectivity index (χ0) is 8.86.